The van der Waals surface area contributed by atoms with Gasteiger partial charge in [-0.15, -0.1) is 12.4 Å². The van der Waals surface area contributed by atoms with Gasteiger partial charge < -0.3 is 0 Å². The number of benzene rings is 1. The second-order valence-electron chi connectivity index (χ2n) is 1.93. The average Bonchev–Trinajstić information content (AvgIpc) is 2.00. The van der Waals surface area contributed by atoms with Gasteiger partial charge in [0, 0.05) is 0 Å². The maximum absolute atomic E-state index is 12.4. The third-order valence-corrected chi connectivity index (χ3v) is 1.20. The minimum Gasteiger partial charge on any atom is -0.204 e. The number of halogens is 6. The summed E-state index contributed by atoms with van der Waals surface area (Å²) in [7, 11) is 0. The molecule has 0 fully saturated rings. The molecule has 7 heteroatoms. The summed E-state index contributed by atoms with van der Waals surface area (Å²) < 4.78 is 60.1. The molecule has 0 atom stereocenters. The van der Waals surface area contributed by atoms with Crippen LogP contribution in [0.1, 0.15) is 0 Å². The van der Waals surface area contributed by atoms with Crippen molar-refractivity contribution in [1.82, 2.24) is 0 Å². The Morgan fingerprint density at radius 3 is 1.92 bits per heavy atom. The quantitative estimate of drug-likeness (QED) is 0.399. The first kappa shape index (κ1) is 12.0. The van der Waals surface area contributed by atoms with Gasteiger partial charge >= 0.3 is 0 Å². The molecular weight excluding hydrogens is 217 g/mol. The van der Waals surface area contributed by atoms with Gasteiger partial charge in [0.15, 0.2) is 17.5 Å². The number of rotatable bonds is 1. The molecule has 0 bridgehead atoms. The highest BCUT2D eigenvalue weighted by Crippen LogP contribution is 2.23. The van der Waals surface area contributed by atoms with Crippen LogP contribution in [-0.4, -0.2) is 0 Å². The Bertz CT molecular complexity index is 303. The van der Waals surface area contributed by atoms with Crippen LogP contribution in [0.3, 0.4) is 0 Å². The molecule has 0 aliphatic rings. The summed E-state index contributed by atoms with van der Waals surface area (Å²) >= 11 is 0. The highest BCUT2D eigenvalue weighted by Gasteiger charge is 2.17. The van der Waals surface area contributed by atoms with E-state index in [0.717, 1.165) is 0 Å². The van der Waals surface area contributed by atoms with Gasteiger partial charge in [-0.25, -0.2) is 13.2 Å². The van der Waals surface area contributed by atoms with Crippen molar-refractivity contribution in [2.75, 3.05) is 5.34 Å². The lowest BCUT2D eigenvalue weighted by Crippen LogP contribution is -2.02. The van der Waals surface area contributed by atoms with E-state index in [1.807, 2.05) is 0 Å². The Kier molecular flexibility index (Phi) is 3.93. The highest BCUT2D eigenvalue weighted by molar-refractivity contribution is 5.85. The van der Waals surface area contributed by atoms with E-state index in [9.17, 15) is 22.1 Å². The predicted molar refractivity (Wildman–Crippen MR) is 38.3 cm³/mol. The van der Waals surface area contributed by atoms with Crippen LogP contribution in [0.15, 0.2) is 12.1 Å². The molecule has 0 spiro atoms. The number of hydrogen-bond acceptors (Lipinski definition) is 1. The van der Waals surface area contributed by atoms with Crippen molar-refractivity contribution in [2.24, 2.45) is 0 Å². The fourth-order valence-corrected chi connectivity index (χ4v) is 0.646. The third-order valence-electron chi connectivity index (χ3n) is 1.20. The summed E-state index contributed by atoms with van der Waals surface area (Å²) in [5, 5.41) is -1.63. The first-order valence-corrected chi connectivity index (χ1v) is 2.79. The van der Waals surface area contributed by atoms with E-state index in [1.165, 1.54) is 0 Å². The summed E-state index contributed by atoms with van der Waals surface area (Å²) in [5.74, 6) is -5.31. The number of nitrogens with zero attached hydrogens (tertiary/aromatic N) is 1. The molecule has 0 aromatic heterocycles. The largest absolute Gasteiger partial charge is 0.204 e. The Morgan fingerprint density at radius 2 is 1.46 bits per heavy atom. The van der Waals surface area contributed by atoms with Gasteiger partial charge in [0.1, 0.15) is 5.69 Å². The van der Waals surface area contributed by atoms with Crippen molar-refractivity contribution >= 4 is 18.1 Å². The maximum atomic E-state index is 12.4. The van der Waals surface area contributed by atoms with Crippen molar-refractivity contribution < 1.29 is 22.1 Å². The van der Waals surface area contributed by atoms with Gasteiger partial charge in [-0.1, -0.05) is 8.96 Å². The second-order valence-corrected chi connectivity index (χ2v) is 1.93. The number of hydrogen-bond donors (Lipinski definition) is 0. The first-order valence-electron chi connectivity index (χ1n) is 2.79. The van der Waals surface area contributed by atoms with E-state index < -0.39 is 28.5 Å². The summed E-state index contributed by atoms with van der Waals surface area (Å²) in [6, 6.07) is 0.855. The summed E-state index contributed by atoms with van der Waals surface area (Å²) in [4.78, 5) is 0. The smallest absolute Gasteiger partial charge is 0.196 e. The van der Waals surface area contributed by atoms with Crippen molar-refractivity contribution in [3.05, 3.63) is 29.6 Å². The molecule has 0 heterocycles. The van der Waals surface area contributed by atoms with Crippen LogP contribution >= 0.6 is 12.4 Å². The zero-order valence-corrected chi connectivity index (χ0v) is 6.72. The average molecular weight is 220 g/mol. The molecule has 1 aromatic carbocycles. The molecule has 74 valence electrons. The van der Waals surface area contributed by atoms with Gasteiger partial charge in [-0.3, -0.25) is 0 Å². The molecule has 0 saturated heterocycles. The van der Waals surface area contributed by atoms with E-state index in [2.05, 4.69) is 0 Å². The van der Waals surface area contributed by atoms with Crippen molar-refractivity contribution in [2.45, 2.75) is 0 Å². The topological polar surface area (TPSA) is 3.24 Å². The molecule has 13 heavy (non-hydrogen) atoms. The Labute approximate surface area is 76.0 Å². The normalized spacial score (nSPS) is 9.31. The monoisotopic (exact) mass is 219 g/mol. The van der Waals surface area contributed by atoms with Crippen LogP contribution in [0.2, 0.25) is 0 Å². The van der Waals surface area contributed by atoms with Crippen LogP contribution in [0.4, 0.5) is 27.8 Å². The molecule has 0 N–H and O–H groups in total. The van der Waals surface area contributed by atoms with Gasteiger partial charge in [0.2, 0.25) is 0 Å². The Balaban J connectivity index is 0.00000144. The summed E-state index contributed by atoms with van der Waals surface area (Å²) in [5.41, 5.74) is -1.30. The lowest BCUT2D eigenvalue weighted by Gasteiger charge is -2.03. The highest BCUT2D eigenvalue weighted by atomic mass is 35.5. The van der Waals surface area contributed by atoms with Crippen molar-refractivity contribution in [3.8, 4) is 0 Å². The van der Waals surface area contributed by atoms with Crippen LogP contribution in [0, 0.1) is 17.5 Å². The predicted octanol–water partition coefficient (Wildman–Crippen LogP) is 3.10. The molecule has 0 aliphatic carbocycles. The fourth-order valence-electron chi connectivity index (χ4n) is 0.646. The summed E-state index contributed by atoms with van der Waals surface area (Å²) in [6.45, 7) is 0. The third kappa shape index (κ3) is 2.21. The van der Waals surface area contributed by atoms with Crippen LogP contribution in [-0.2, 0) is 0 Å². The van der Waals surface area contributed by atoms with E-state index in [0.29, 0.717) is 12.1 Å². The molecular formula is C6H3ClF5N. The fraction of sp³-hybridized carbons (Fsp3) is 0. The van der Waals surface area contributed by atoms with Gasteiger partial charge in [-0.05, 0) is 17.5 Å². The van der Waals surface area contributed by atoms with Crippen molar-refractivity contribution in [3.63, 3.8) is 0 Å². The van der Waals surface area contributed by atoms with Crippen molar-refractivity contribution in [1.29, 1.82) is 0 Å². The molecule has 0 radical (unpaired) electrons. The molecule has 1 rings (SSSR count). The Hall–Kier alpha value is -1.04. The second kappa shape index (κ2) is 4.27. The minimum atomic E-state index is -1.91. The van der Waals surface area contributed by atoms with Crippen LogP contribution in [0.25, 0.3) is 0 Å². The molecule has 1 aromatic rings. The zero-order chi connectivity index (χ0) is 9.30. The lowest BCUT2D eigenvalue weighted by atomic mass is 10.3. The zero-order valence-electron chi connectivity index (χ0n) is 5.90. The minimum absolute atomic E-state index is 0. The molecule has 0 saturated carbocycles. The first-order chi connectivity index (χ1) is 5.54. The molecule has 0 amide bonds. The van der Waals surface area contributed by atoms with Gasteiger partial charge in [0.25, 0.3) is 0 Å². The number of anilines is 1. The van der Waals surface area contributed by atoms with E-state index >= 15 is 0 Å². The van der Waals surface area contributed by atoms with E-state index in [4.69, 9.17) is 0 Å². The van der Waals surface area contributed by atoms with Gasteiger partial charge in [-0.2, -0.15) is 0 Å². The molecule has 1 nitrogen and oxygen atoms in total. The molecule has 0 unspecified atom stereocenters. The maximum Gasteiger partial charge on any atom is 0.196 e. The van der Waals surface area contributed by atoms with E-state index in [-0.39, 0.29) is 12.4 Å². The SMILES string of the molecule is Cl.Fc1ccc(N(F)F)c(F)c1F. The van der Waals surface area contributed by atoms with E-state index in [1.54, 1.807) is 0 Å². The van der Waals surface area contributed by atoms with Crippen LogP contribution in [0.5, 0.6) is 0 Å². The lowest BCUT2D eigenvalue weighted by molar-refractivity contribution is 0.229. The van der Waals surface area contributed by atoms with Crippen LogP contribution < -0.4 is 5.34 Å². The standard InChI is InChI=1S/C6H2F5N.ClH/c7-3-1-2-4(12(10)11)6(9)5(3)8;/h1-2H;1H. The molecule has 0 aliphatic heterocycles. The summed E-state index contributed by atoms with van der Waals surface area (Å²) in [6.07, 6.45) is 0. The Morgan fingerprint density at radius 1 is 0.923 bits per heavy atom. The van der Waals surface area contributed by atoms with Gasteiger partial charge in [0.05, 0.1) is 0 Å².